The molecule has 1 rings (SSSR count). The van der Waals surface area contributed by atoms with Crippen LogP contribution in [0.15, 0.2) is 53.9 Å². The largest absolute Gasteiger partial charge is 0.333 e. The number of pyridine rings is 1. The van der Waals surface area contributed by atoms with Crippen LogP contribution in [0.25, 0.3) is 0 Å². The van der Waals surface area contributed by atoms with E-state index < -0.39 is 0 Å². The predicted molar refractivity (Wildman–Crippen MR) is 84.6 cm³/mol. The lowest BCUT2D eigenvalue weighted by molar-refractivity contribution is 0.490. The highest BCUT2D eigenvalue weighted by atomic mass is 79.9. The minimum absolute atomic E-state index is 0.159. The third kappa shape index (κ3) is 5.26. The lowest BCUT2D eigenvalue weighted by Gasteiger charge is -2.25. The SMILES string of the molecule is C=C/C=C(\C)NC(=Nc1cccnc1)N(C)C(C)Br. The minimum Gasteiger partial charge on any atom is -0.333 e. The summed E-state index contributed by atoms with van der Waals surface area (Å²) in [5.74, 6) is 0.743. The van der Waals surface area contributed by atoms with Crippen molar-refractivity contribution in [2.24, 2.45) is 4.99 Å². The number of rotatable bonds is 4. The number of aliphatic imine (C=N–C) groups is 1. The lowest BCUT2D eigenvalue weighted by Crippen LogP contribution is -2.40. The van der Waals surface area contributed by atoms with Crippen LogP contribution in [0.1, 0.15) is 13.8 Å². The number of nitrogens with zero attached hydrogens (tertiary/aromatic N) is 3. The first-order chi connectivity index (χ1) is 9.04. The number of allylic oxidation sites excluding steroid dienone is 3. The van der Waals surface area contributed by atoms with Gasteiger partial charge in [0.2, 0.25) is 5.96 Å². The Bertz CT molecular complexity index is 466. The maximum Gasteiger partial charge on any atom is 0.204 e. The number of guanidine groups is 1. The molecule has 0 fully saturated rings. The number of alkyl halides is 1. The molecule has 1 N–H and O–H groups in total. The minimum atomic E-state index is 0.159. The molecule has 1 heterocycles. The summed E-state index contributed by atoms with van der Waals surface area (Å²) in [6.45, 7) is 7.68. The molecule has 0 bridgehead atoms. The summed E-state index contributed by atoms with van der Waals surface area (Å²) in [5, 5.41) is 3.26. The van der Waals surface area contributed by atoms with E-state index in [1.807, 2.05) is 44.0 Å². The zero-order valence-electron chi connectivity index (χ0n) is 11.5. The lowest BCUT2D eigenvalue weighted by atomic mass is 10.4. The van der Waals surface area contributed by atoms with Crippen molar-refractivity contribution in [2.75, 3.05) is 7.05 Å². The summed E-state index contributed by atoms with van der Waals surface area (Å²) in [6, 6.07) is 3.77. The highest BCUT2D eigenvalue weighted by Crippen LogP contribution is 2.12. The van der Waals surface area contributed by atoms with E-state index in [9.17, 15) is 0 Å². The predicted octanol–water partition coefficient (Wildman–Crippen LogP) is 3.42. The molecule has 1 atom stereocenters. The third-order valence-corrected chi connectivity index (χ3v) is 3.04. The van der Waals surface area contributed by atoms with Crippen LogP contribution in [-0.2, 0) is 0 Å². The average Bonchev–Trinajstić information content (AvgIpc) is 2.38. The van der Waals surface area contributed by atoms with Crippen molar-refractivity contribution in [3.05, 3.63) is 49.0 Å². The summed E-state index contributed by atoms with van der Waals surface area (Å²) >= 11 is 3.53. The van der Waals surface area contributed by atoms with Crippen molar-refractivity contribution in [1.29, 1.82) is 0 Å². The van der Waals surface area contributed by atoms with Crippen molar-refractivity contribution < 1.29 is 0 Å². The average molecular weight is 323 g/mol. The topological polar surface area (TPSA) is 40.5 Å². The van der Waals surface area contributed by atoms with Crippen molar-refractivity contribution in [1.82, 2.24) is 15.2 Å². The molecule has 4 nitrogen and oxygen atoms in total. The van der Waals surface area contributed by atoms with Crippen molar-refractivity contribution >= 4 is 27.6 Å². The second-order valence-electron chi connectivity index (χ2n) is 4.04. The van der Waals surface area contributed by atoms with Gasteiger partial charge in [0.05, 0.1) is 16.8 Å². The molecule has 0 radical (unpaired) electrons. The Balaban J connectivity index is 3.02. The van der Waals surface area contributed by atoms with Gasteiger partial charge in [-0.25, -0.2) is 4.99 Å². The Morgan fingerprint density at radius 1 is 1.63 bits per heavy atom. The summed E-state index contributed by atoms with van der Waals surface area (Å²) in [7, 11) is 1.96. The number of hydrogen-bond donors (Lipinski definition) is 1. The first-order valence-corrected chi connectivity index (χ1v) is 6.88. The molecular formula is C14H19BrN4. The highest BCUT2D eigenvalue weighted by molar-refractivity contribution is 9.09. The molecule has 0 saturated heterocycles. The van der Waals surface area contributed by atoms with Gasteiger partial charge in [-0.3, -0.25) is 4.98 Å². The highest BCUT2D eigenvalue weighted by Gasteiger charge is 2.11. The zero-order chi connectivity index (χ0) is 14.3. The number of aromatic nitrogens is 1. The fourth-order valence-electron chi connectivity index (χ4n) is 1.30. The van der Waals surface area contributed by atoms with Gasteiger partial charge in [0, 0.05) is 18.9 Å². The van der Waals surface area contributed by atoms with Crippen LogP contribution in [0.5, 0.6) is 0 Å². The van der Waals surface area contributed by atoms with Gasteiger partial charge >= 0.3 is 0 Å². The first kappa shape index (κ1) is 15.4. The van der Waals surface area contributed by atoms with Crippen LogP contribution < -0.4 is 5.32 Å². The quantitative estimate of drug-likeness (QED) is 0.303. The Labute approximate surface area is 123 Å². The van der Waals surface area contributed by atoms with E-state index in [2.05, 4.69) is 37.8 Å². The van der Waals surface area contributed by atoms with Crippen LogP contribution in [0.2, 0.25) is 0 Å². The normalized spacial score (nSPS) is 13.9. The van der Waals surface area contributed by atoms with E-state index in [-0.39, 0.29) is 4.95 Å². The molecule has 0 aliphatic rings. The summed E-state index contributed by atoms with van der Waals surface area (Å²) in [6.07, 6.45) is 7.08. The van der Waals surface area contributed by atoms with E-state index in [4.69, 9.17) is 0 Å². The Kier molecular flexibility index (Phi) is 6.29. The van der Waals surface area contributed by atoms with E-state index in [1.165, 1.54) is 0 Å². The van der Waals surface area contributed by atoms with E-state index in [0.29, 0.717) is 0 Å². The van der Waals surface area contributed by atoms with E-state index in [1.54, 1.807) is 18.5 Å². The van der Waals surface area contributed by atoms with Gasteiger partial charge in [0.1, 0.15) is 0 Å². The van der Waals surface area contributed by atoms with Gasteiger partial charge in [0.25, 0.3) is 0 Å². The smallest absolute Gasteiger partial charge is 0.204 e. The van der Waals surface area contributed by atoms with E-state index in [0.717, 1.165) is 17.3 Å². The van der Waals surface area contributed by atoms with Crippen molar-refractivity contribution in [3.63, 3.8) is 0 Å². The molecule has 0 aromatic carbocycles. The number of halogens is 1. The van der Waals surface area contributed by atoms with Crippen LogP contribution in [0.4, 0.5) is 5.69 Å². The van der Waals surface area contributed by atoms with Crippen LogP contribution in [0.3, 0.4) is 0 Å². The van der Waals surface area contributed by atoms with Gasteiger partial charge < -0.3 is 10.2 Å². The Morgan fingerprint density at radius 3 is 2.89 bits per heavy atom. The zero-order valence-corrected chi connectivity index (χ0v) is 13.1. The second-order valence-corrected chi connectivity index (χ2v) is 5.37. The fraction of sp³-hybridized carbons (Fsp3) is 0.286. The van der Waals surface area contributed by atoms with Crippen LogP contribution in [0, 0.1) is 0 Å². The molecule has 19 heavy (non-hydrogen) atoms. The first-order valence-electron chi connectivity index (χ1n) is 5.96. The van der Waals surface area contributed by atoms with Crippen LogP contribution >= 0.6 is 15.9 Å². The summed E-state index contributed by atoms with van der Waals surface area (Å²) < 4.78 is 0. The Morgan fingerprint density at radius 2 is 2.37 bits per heavy atom. The molecule has 102 valence electrons. The maximum atomic E-state index is 4.57. The molecule has 0 amide bonds. The molecular weight excluding hydrogens is 304 g/mol. The van der Waals surface area contributed by atoms with Gasteiger partial charge in [-0.2, -0.15) is 0 Å². The molecule has 0 aliphatic heterocycles. The van der Waals surface area contributed by atoms with E-state index >= 15 is 0 Å². The standard InChI is InChI=1S/C14H19BrN4/c1-5-7-11(2)17-14(19(4)12(3)15)18-13-8-6-9-16-10-13/h5-10,12H,1H2,2-4H3,(H,17,18)/b11-7+. The molecule has 1 aromatic heterocycles. The molecule has 0 saturated carbocycles. The maximum absolute atomic E-state index is 4.57. The molecule has 0 aliphatic carbocycles. The van der Waals surface area contributed by atoms with Gasteiger partial charge in [0.15, 0.2) is 0 Å². The summed E-state index contributed by atoms with van der Waals surface area (Å²) in [5.41, 5.74) is 1.77. The number of nitrogens with one attached hydrogen (secondary N) is 1. The van der Waals surface area contributed by atoms with Gasteiger partial charge in [-0.15, -0.1) is 0 Å². The summed E-state index contributed by atoms with van der Waals surface area (Å²) in [4.78, 5) is 10.8. The molecule has 5 heteroatoms. The van der Waals surface area contributed by atoms with Crippen molar-refractivity contribution in [2.45, 2.75) is 18.8 Å². The second kappa shape index (κ2) is 7.74. The van der Waals surface area contributed by atoms with Gasteiger partial charge in [-0.05, 0) is 32.1 Å². The van der Waals surface area contributed by atoms with Crippen LogP contribution in [-0.4, -0.2) is 27.8 Å². The monoisotopic (exact) mass is 322 g/mol. The molecule has 1 aromatic rings. The Hall–Kier alpha value is -1.62. The van der Waals surface area contributed by atoms with Gasteiger partial charge in [-0.1, -0.05) is 28.6 Å². The molecule has 1 unspecified atom stereocenters. The number of hydrogen-bond acceptors (Lipinski definition) is 2. The van der Waals surface area contributed by atoms with Crippen molar-refractivity contribution in [3.8, 4) is 0 Å². The molecule has 0 spiro atoms. The third-order valence-electron chi connectivity index (χ3n) is 2.43. The fourth-order valence-corrected chi connectivity index (χ4v) is 1.49.